The second-order valence-electron chi connectivity index (χ2n) is 4.80. The molecule has 1 rings (SSSR count). The normalized spacial score (nSPS) is 11.8. The zero-order valence-corrected chi connectivity index (χ0v) is 12.0. The van der Waals surface area contributed by atoms with Gasteiger partial charge >= 0.3 is 0 Å². The molecule has 2 amide bonds. The standard InChI is InChI=1S/C15H22N2O3/c1-3-4-14(19)10-16-15(20)9-12-5-7-13(8-6-12)17-11(2)18/h5-8,14,19H,3-4,9-10H2,1-2H3,(H,16,20)(H,17,18). The summed E-state index contributed by atoms with van der Waals surface area (Å²) >= 11 is 0. The molecular formula is C15H22N2O3. The molecule has 20 heavy (non-hydrogen) atoms. The minimum absolute atomic E-state index is 0.118. The number of carbonyl (C=O) groups is 2. The summed E-state index contributed by atoms with van der Waals surface area (Å²) in [7, 11) is 0. The third kappa shape index (κ3) is 6.33. The monoisotopic (exact) mass is 278 g/mol. The summed E-state index contributed by atoms with van der Waals surface area (Å²) in [6.45, 7) is 3.72. The summed E-state index contributed by atoms with van der Waals surface area (Å²) in [6, 6.07) is 7.12. The van der Waals surface area contributed by atoms with E-state index in [2.05, 4.69) is 10.6 Å². The van der Waals surface area contributed by atoms with Gasteiger partial charge in [0, 0.05) is 19.2 Å². The van der Waals surface area contributed by atoms with Gasteiger partial charge in [0.15, 0.2) is 0 Å². The highest BCUT2D eigenvalue weighted by molar-refractivity contribution is 5.88. The number of rotatable bonds is 7. The van der Waals surface area contributed by atoms with E-state index in [0.29, 0.717) is 12.1 Å². The first-order valence-corrected chi connectivity index (χ1v) is 6.82. The third-order valence-electron chi connectivity index (χ3n) is 2.80. The van der Waals surface area contributed by atoms with Crippen LogP contribution >= 0.6 is 0 Å². The molecule has 5 heteroatoms. The number of aliphatic hydroxyl groups is 1. The van der Waals surface area contributed by atoms with Crippen LogP contribution in [0, 0.1) is 0 Å². The van der Waals surface area contributed by atoms with Crippen LogP contribution in [0.3, 0.4) is 0 Å². The molecule has 0 aliphatic heterocycles. The molecule has 0 aliphatic rings. The maximum Gasteiger partial charge on any atom is 0.224 e. The lowest BCUT2D eigenvalue weighted by molar-refractivity contribution is -0.121. The SMILES string of the molecule is CCCC(O)CNC(=O)Cc1ccc(NC(C)=O)cc1. The fraction of sp³-hybridized carbons (Fsp3) is 0.467. The largest absolute Gasteiger partial charge is 0.391 e. The molecule has 5 nitrogen and oxygen atoms in total. The molecule has 1 aromatic carbocycles. The molecule has 0 aliphatic carbocycles. The molecule has 0 aromatic heterocycles. The summed E-state index contributed by atoms with van der Waals surface area (Å²) in [5, 5.41) is 14.9. The number of anilines is 1. The van der Waals surface area contributed by atoms with Crippen LogP contribution in [0.15, 0.2) is 24.3 Å². The summed E-state index contributed by atoms with van der Waals surface area (Å²) < 4.78 is 0. The first-order chi connectivity index (χ1) is 9.51. The van der Waals surface area contributed by atoms with Crippen molar-refractivity contribution in [2.45, 2.75) is 39.2 Å². The molecule has 1 unspecified atom stereocenters. The second-order valence-corrected chi connectivity index (χ2v) is 4.80. The van der Waals surface area contributed by atoms with Crippen LogP contribution in [-0.2, 0) is 16.0 Å². The van der Waals surface area contributed by atoms with Crippen molar-refractivity contribution >= 4 is 17.5 Å². The number of hydrogen-bond donors (Lipinski definition) is 3. The molecule has 0 bridgehead atoms. The summed E-state index contributed by atoms with van der Waals surface area (Å²) in [6.07, 6.45) is 1.36. The molecular weight excluding hydrogens is 256 g/mol. The zero-order valence-electron chi connectivity index (χ0n) is 12.0. The second kappa shape index (κ2) is 8.32. The Balaban J connectivity index is 2.40. The number of amides is 2. The minimum Gasteiger partial charge on any atom is -0.391 e. The summed E-state index contributed by atoms with van der Waals surface area (Å²) in [4.78, 5) is 22.6. The summed E-state index contributed by atoms with van der Waals surface area (Å²) in [5.41, 5.74) is 1.57. The van der Waals surface area contributed by atoms with Gasteiger partial charge in [-0.25, -0.2) is 0 Å². The van der Waals surface area contributed by atoms with Crippen molar-refractivity contribution < 1.29 is 14.7 Å². The first-order valence-electron chi connectivity index (χ1n) is 6.82. The number of carbonyl (C=O) groups excluding carboxylic acids is 2. The quantitative estimate of drug-likeness (QED) is 0.706. The van der Waals surface area contributed by atoms with Crippen LogP contribution in [0.5, 0.6) is 0 Å². The Morgan fingerprint density at radius 1 is 1.25 bits per heavy atom. The van der Waals surface area contributed by atoms with Gasteiger partial charge in [-0.15, -0.1) is 0 Å². The lowest BCUT2D eigenvalue weighted by atomic mass is 10.1. The fourth-order valence-electron chi connectivity index (χ4n) is 1.82. The van der Waals surface area contributed by atoms with Crippen molar-refractivity contribution in [3.8, 4) is 0 Å². The maximum atomic E-state index is 11.7. The van der Waals surface area contributed by atoms with Gasteiger partial charge in [-0.1, -0.05) is 25.5 Å². The third-order valence-corrected chi connectivity index (χ3v) is 2.80. The van der Waals surface area contributed by atoms with E-state index in [1.54, 1.807) is 24.3 Å². The van der Waals surface area contributed by atoms with E-state index in [1.165, 1.54) is 6.92 Å². The van der Waals surface area contributed by atoms with Gasteiger partial charge in [-0.3, -0.25) is 9.59 Å². The molecule has 3 N–H and O–H groups in total. The van der Waals surface area contributed by atoms with Crippen LogP contribution in [-0.4, -0.2) is 29.6 Å². The Hall–Kier alpha value is -1.88. The Bertz CT molecular complexity index is 443. The smallest absolute Gasteiger partial charge is 0.224 e. The number of nitrogens with one attached hydrogen (secondary N) is 2. The van der Waals surface area contributed by atoms with Crippen molar-refractivity contribution in [3.63, 3.8) is 0 Å². The highest BCUT2D eigenvalue weighted by Crippen LogP contribution is 2.10. The molecule has 0 saturated carbocycles. The highest BCUT2D eigenvalue weighted by Gasteiger charge is 2.07. The van der Waals surface area contributed by atoms with Gasteiger partial charge < -0.3 is 15.7 Å². The van der Waals surface area contributed by atoms with Crippen LogP contribution in [0.2, 0.25) is 0 Å². The van der Waals surface area contributed by atoms with Crippen LogP contribution in [0.25, 0.3) is 0 Å². The van der Waals surface area contributed by atoms with Crippen molar-refractivity contribution in [1.29, 1.82) is 0 Å². The molecule has 1 atom stereocenters. The van der Waals surface area contributed by atoms with Crippen molar-refractivity contribution in [1.82, 2.24) is 5.32 Å². The Morgan fingerprint density at radius 3 is 2.45 bits per heavy atom. The Kier molecular flexibility index (Phi) is 6.73. The Morgan fingerprint density at radius 2 is 1.90 bits per heavy atom. The maximum absolute atomic E-state index is 11.7. The zero-order chi connectivity index (χ0) is 15.0. The molecule has 1 aromatic rings. The summed E-state index contributed by atoms with van der Waals surface area (Å²) in [5.74, 6) is -0.243. The van der Waals surface area contributed by atoms with Gasteiger partial charge in [0.25, 0.3) is 0 Å². The molecule has 0 saturated heterocycles. The predicted octanol–water partition coefficient (Wildman–Crippen LogP) is 1.46. The molecule has 0 radical (unpaired) electrons. The Labute approximate surface area is 119 Å². The minimum atomic E-state index is -0.480. The van der Waals surface area contributed by atoms with Gasteiger partial charge in [-0.2, -0.15) is 0 Å². The van der Waals surface area contributed by atoms with Gasteiger partial charge in [0.1, 0.15) is 0 Å². The van der Waals surface area contributed by atoms with Crippen molar-refractivity contribution in [2.75, 3.05) is 11.9 Å². The van der Waals surface area contributed by atoms with Crippen LogP contribution in [0.4, 0.5) is 5.69 Å². The number of hydrogen-bond acceptors (Lipinski definition) is 3. The van der Waals surface area contributed by atoms with Crippen LogP contribution in [0.1, 0.15) is 32.3 Å². The van der Waals surface area contributed by atoms with E-state index < -0.39 is 6.10 Å². The first kappa shape index (κ1) is 16.2. The molecule has 0 heterocycles. The lowest BCUT2D eigenvalue weighted by Gasteiger charge is -2.11. The molecule has 110 valence electrons. The van der Waals surface area contributed by atoms with Gasteiger partial charge in [0.2, 0.25) is 11.8 Å². The van der Waals surface area contributed by atoms with Crippen molar-refractivity contribution in [2.24, 2.45) is 0 Å². The topological polar surface area (TPSA) is 78.4 Å². The molecule has 0 spiro atoms. The van der Waals surface area contributed by atoms with E-state index in [4.69, 9.17) is 0 Å². The lowest BCUT2D eigenvalue weighted by Crippen LogP contribution is -2.33. The average molecular weight is 278 g/mol. The van der Waals surface area contributed by atoms with E-state index >= 15 is 0 Å². The van der Waals surface area contributed by atoms with E-state index in [0.717, 1.165) is 12.0 Å². The predicted molar refractivity (Wildman–Crippen MR) is 78.4 cm³/mol. The van der Waals surface area contributed by atoms with Gasteiger partial charge in [0.05, 0.1) is 12.5 Å². The highest BCUT2D eigenvalue weighted by atomic mass is 16.3. The van der Waals surface area contributed by atoms with Crippen molar-refractivity contribution in [3.05, 3.63) is 29.8 Å². The van der Waals surface area contributed by atoms with E-state index in [9.17, 15) is 14.7 Å². The molecule has 0 fully saturated rings. The van der Waals surface area contributed by atoms with Gasteiger partial charge in [-0.05, 0) is 24.1 Å². The average Bonchev–Trinajstić information content (AvgIpc) is 2.38. The van der Waals surface area contributed by atoms with Crippen LogP contribution < -0.4 is 10.6 Å². The number of benzene rings is 1. The van der Waals surface area contributed by atoms with E-state index in [1.807, 2.05) is 6.92 Å². The fourth-order valence-corrected chi connectivity index (χ4v) is 1.82. The van der Waals surface area contributed by atoms with E-state index in [-0.39, 0.29) is 24.8 Å². The number of aliphatic hydroxyl groups excluding tert-OH is 1.